The minimum absolute atomic E-state index is 0.264. The molecule has 0 saturated carbocycles. The van der Waals surface area contributed by atoms with E-state index in [1.54, 1.807) is 21.0 Å². The molecule has 1 aromatic carbocycles. The molecule has 0 amide bonds. The number of allylic oxidation sites excluding steroid dienone is 1. The lowest BCUT2D eigenvalue weighted by Crippen LogP contribution is -2.31. The number of carbonyl (C=O) groups excluding carboxylic acids is 1. The monoisotopic (exact) mass is 443 g/mol. The van der Waals surface area contributed by atoms with E-state index in [2.05, 4.69) is 22.2 Å². The maximum absolute atomic E-state index is 13.2. The fraction of sp³-hybridized carbons (Fsp3) is 0.435. The molecule has 2 heterocycles. The van der Waals surface area contributed by atoms with Crippen LogP contribution in [0.2, 0.25) is 0 Å². The highest BCUT2D eigenvalue weighted by molar-refractivity contribution is 7.99. The van der Waals surface area contributed by atoms with Crippen molar-refractivity contribution in [1.29, 1.82) is 0 Å². The minimum Gasteiger partial charge on any atom is -0.497 e. The van der Waals surface area contributed by atoms with Gasteiger partial charge in [0.25, 0.3) is 5.56 Å². The lowest BCUT2D eigenvalue weighted by Gasteiger charge is -2.29. The second-order valence-corrected chi connectivity index (χ2v) is 8.74. The molecule has 0 unspecified atom stereocenters. The Morgan fingerprint density at radius 1 is 1.26 bits per heavy atom. The van der Waals surface area contributed by atoms with Crippen LogP contribution in [0.25, 0.3) is 0 Å². The third kappa shape index (κ3) is 5.12. The summed E-state index contributed by atoms with van der Waals surface area (Å²) >= 11 is 1.52. The molecule has 0 bridgehead atoms. The van der Waals surface area contributed by atoms with Gasteiger partial charge >= 0.3 is 5.97 Å². The van der Waals surface area contributed by atoms with Crippen LogP contribution in [0.4, 0.5) is 5.82 Å². The molecule has 0 saturated heterocycles. The van der Waals surface area contributed by atoms with Gasteiger partial charge in [-0.3, -0.25) is 4.79 Å². The van der Waals surface area contributed by atoms with Crippen LogP contribution in [0.3, 0.4) is 0 Å². The first-order valence-corrected chi connectivity index (χ1v) is 11.4. The average molecular weight is 444 g/mol. The van der Waals surface area contributed by atoms with E-state index in [1.807, 2.05) is 31.2 Å². The molecule has 166 valence electrons. The van der Waals surface area contributed by atoms with Crippen molar-refractivity contribution in [3.63, 3.8) is 0 Å². The number of aromatic amines is 1. The summed E-state index contributed by atoms with van der Waals surface area (Å²) in [7, 11) is 1.59. The SMILES string of the molecule is CCCCSc1nc2c(c(=O)[nH]1)[C@@H](c1ccc(OC)cc1)C(C(=O)OC(C)C)=C(C)N2. The normalized spacial score (nSPS) is 15.5. The van der Waals surface area contributed by atoms with Crippen LogP contribution in [0.1, 0.15) is 57.6 Å². The van der Waals surface area contributed by atoms with Crippen LogP contribution in [-0.4, -0.2) is 34.9 Å². The Morgan fingerprint density at radius 3 is 2.58 bits per heavy atom. The van der Waals surface area contributed by atoms with Crippen molar-refractivity contribution in [3.05, 3.63) is 57.0 Å². The van der Waals surface area contributed by atoms with Crippen molar-refractivity contribution in [3.8, 4) is 5.75 Å². The highest BCUT2D eigenvalue weighted by Gasteiger charge is 2.36. The Balaban J connectivity index is 2.12. The molecular formula is C23H29N3O4S. The minimum atomic E-state index is -0.598. The van der Waals surface area contributed by atoms with Crippen LogP contribution in [-0.2, 0) is 9.53 Å². The third-order valence-corrected chi connectivity index (χ3v) is 5.93. The highest BCUT2D eigenvalue weighted by Crippen LogP contribution is 2.40. The summed E-state index contributed by atoms with van der Waals surface area (Å²) in [4.78, 5) is 33.7. The van der Waals surface area contributed by atoms with Crippen molar-refractivity contribution in [2.75, 3.05) is 18.2 Å². The van der Waals surface area contributed by atoms with Crippen LogP contribution in [0, 0.1) is 0 Å². The van der Waals surface area contributed by atoms with E-state index in [9.17, 15) is 9.59 Å². The van der Waals surface area contributed by atoms with Gasteiger partial charge in [0.1, 0.15) is 11.6 Å². The van der Waals surface area contributed by atoms with E-state index in [1.165, 1.54) is 11.8 Å². The molecule has 0 spiro atoms. The number of nitrogens with zero attached hydrogens (tertiary/aromatic N) is 1. The second kappa shape index (κ2) is 10.0. The number of fused-ring (bicyclic) bond motifs is 1. The molecule has 1 aliphatic heterocycles. The van der Waals surface area contributed by atoms with Gasteiger partial charge in [0.05, 0.1) is 30.3 Å². The maximum Gasteiger partial charge on any atom is 0.337 e. The number of hydrogen-bond donors (Lipinski definition) is 2. The Bertz CT molecular complexity index is 1030. The topological polar surface area (TPSA) is 93.3 Å². The van der Waals surface area contributed by atoms with Gasteiger partial charge in [0, 0.05) is 11.4 Å². The zero-order valence-corrected chi connectivity index (χ0v) is 19.4. The third-order valence-electron chi connectivity index (χ3n) is 4.97. The summed E-state index contributed by atoms with van der Waals surface area (Å²) in [5.41, 5.74) is 1.97. The molecule has 0 aliphatic carbocycles. The molecule has 2 N–H and O–H groups in total. The number of rotatable bonds is 8. The van der Waals surface area contributed by atoms with E-state index in [0.717, 1.165) is 24.2 Å². The van der Waals surface area contributed by atoms with Crippen molar-refractivity contribution in [2.24, 2.45) is 0 Å². The largest absolute Gasteiger partial charge is 0.497 e. The first kappa shape index (κ1) is 22.9. The lowest BCUT2D eigenvalue weighted by atomic mass is 9.82. The molecule has 0 fully saturated rings. The number of benzene rings is 1. The van der Waals surface area contributed by atoms with Crippen molar-refractivity contribution >= 4 is 23.5 Å². The summed E-state index contributed by atoms with van der Waals surface area (Å²) in [6.45, 7) is 7.53. The number of esters is 1. The molecule has 1 aliphatic rings. The molecule has 8 heteroatoms. The zero-order valence-electron chi connectivity index (χ0n) is 18.6. The first-order valence-electron chi connectivity index (χ1n) is 10.4. The number of methoxy groups -OCH3 is 1. The molecule has 2 aromatic rings. The first-order chi connectivity index (χ1) is 14.8. The number of carbonyl (C=O) groups is 1. The van der Waals surface area contributed by atoms with Crippen LogP contribution < -0.4 is 15.6 Å². The Hall–Kier alpha value is -2.74. The van der Waals surface area contributed by atoms with Gasteiger partial charge in [-0.05, 0) is 44.9 Å². The number of thioether (sulfide) groups is 1. The van der Waals surface area contributed by atoms with Crippen molar-refractivity contribution in [2.45, 2.75) is 57.7 Å². The van der Waals surface area contributed by atoms with E-state index < -0.39 is 11.9 Å². The quantitative estimate of drug-likeness (QED) is 0.269. The van der Waals surface area contributed by atoms with Crippen LogP contribution in [0.15, 0.2) is 45.5 Å². The Kier molecular flexibility index (Phi) is 7.43. The molecule has 1 atom stereocenters. The number of hydrogen-bond acceptors (Lipinski definition) is 7. The average Bonchev–Trinajstić information content (AvgIpc) is 2.72. The summed E-state index contributed by atoms with van der Waals surface area (Å²) in [6.07, 6.45) is 1.83. The van der Waals surface area contributed by atoms with Gasteiger partial charge < -0.3 is 19.8 Å². The van der Waals surface area contributed by atoms with E-state index in [-0.39, 0.29) is 11.7 Å². The van der Waals surface area contributed by atoms with Crippen LogP contribution in [0.5, 0.6) is 5.75 Å². The number of nitrogens with one attached hydrogen (secondary N) is 2. The van der Waals surface area contributed by atoms with E-state index in [4.69, 9.17) is 9.47 Å². The van der Waals surface area contributed by atoms with E-state index in [0.29, 0.717) is 33.6 Å². The van der Waals surface area contributed by atoms with Gasteiger partial charge in [0.2, 0.25) is 0 Å². The number of H-pyrrole nitrogens is 1. The van der Waals surface area contributed by atoms with Gasteiger partial charge in [0.15, 0.2) is 5.16 Å². The van der Waals surface area contributed by atoms with Crippen LogP contribution >= 0.6 is 11.8 Å². The predicted molar refractivity (Wildman–Crippen MR) is 123 cm³/mol. The van der Waals surface area contributed by atoms with Gasteiger partial charge in [-0.1, -0.05) is 37.2 Å². The maximum atomic E-state index is 13.2. The fourth-order valence-electron chi connectivity index (χ4n) is 3.49. The highest BCUT2D eigenvalue weighted by atomic mass is 32.2. The zero-order chi connectivity index (χ0) is 22.5. The van der Waals surface area contributed by atoms with Gasteiger partial charge in [-0.15, -0.1) is 0 Å². The smallest absolute Gasteiger partial charge is 0.337 e. The molecule has 31 heavy (non-hydrogen) atoms. The Labute approximate surface area is 186 Å². The molecule has 0 radical (unpaired) electrons. The standard InChI is InChI=1S/C23H29N3O4S/c1-6-7-12-31-23-25-20-19(21(27)26-23)18(15-8-10-16(29-5)11-9-15)17(14(4)24-20)22(28)30-13(2)3/h8-11,13,18H,6-7,12H2,1-5H3,(H2,24,25,26,27)/t18-/m0/s1. The number of ether oxygens (including phenoxy) is 2. The van der Waals surface area contributed by atoms with E-state index >= 15 is 0 Å². The van der Waals surface area contributed by atoms with Crippen molar-refractivity contribution < 1.29 is 14.3 Å². The summed E-state index contributed by atoms with van der Waals surface area (Å²) in [5, 5.41) is 3.74. The summed E-state index contributed by atoms with van der Waals surface area (Å²) in [6, 6.07) is 7.35. The Morgan fingerprint density at radius 2 is 1.97 bits per heavy atom. The summed E-state index contributed by atoms with van der Waals surface area (Å²) < 4.78 is 10.8. The van der Waals surface area contributed by atoms with Gasteiger partial charge in [-0.25, -0.2) is 9.78 Å². The molecule has 1 aromatic heterocycles. The summed E-state index contributed by atoms with van der Waals surface area (Å²) in [5.74, 6) is 0.995. The molecule has 3 rings (SSSR count). The molecule has 7 nitrogen and oxygen atoms in total. The molecular weight excluding hydrogens is 414 g/mol. The fourth-order valence-corrected chi connectivity index (χ4v) is 4.44. The van der Waals surface area contributed by atoms with Crippen molar-refractivity contribution in [1.82, 2.24) is 9.97 Å². The number of anilines is 1. The number of aromatic nitrogens is 2. The van der Waals surface area contributed by atoms with Gasteiger partial charge in [-0.2, -0.15) is 0 Å². The number of unbranched alkanes of at least 4 members (excludes halogenated alkanes) is 1. The predicted octanol–water partition coefficient (Wildman–Crippen LogP) is 4.45. The second-order valence-electron chi connectivity index (χ2n) is 7.66. The lowest BCUT2D eigenvalue weighted by molar-refractivity contribution is -0.143.